The van der Waals surface area contributed by atoms with E-state index in [4.69, 9.17) is 10.3 Å². The first-order valence-corrected chi connectivity index (χ1v) is 8.34. The molecule has 0 spiro atoms. The van der Waals surface area contributed by atoms with Crippen molar-refractivity contribution in [1.82, 2.24) is 10.5 Å². The third-order valence-corrected chi connectivity index (χ3v) is 4.69. The van der Waals surface area contributed by atoms with Crippen molar-refractivity contribution >= 4 is 23.1 Å². The molecule has 0 radical (unpaired) electrons. The molecule has 0 aliphatic rings. The molecule has 0 saturated carbocycles. The Bertz CT molecular complexity index is 947. The monoisotopic (exact) mass is 381 g/mol. The van der Waals surface area contributed by atoms with Crippen molar-refractivity contribution in [3.8, 4) is 10.6 Å². The molecule has 0 aliphatic carbocycles. The molecule has 2 heterocycles. The van der Waals surface area contributed by atoms with E-state index in [1.54, 1.807) is 6.07 Å². The largest absolute Gasteiger partial charge is 0.416 e. The second-order valence-electron chi connectivity index (χ2n) is 5.52. The van der Waals surface area contributed by atoms with Gasteiger partial charge in [-0.05, 0) is 30.7 Å². The second kappa shape index (κ2) is 6.83. The first-order chi connectivity index (χ1) is 12.3. The molecule has 26 heavy (non-hydrogen) atoms. The summed E-state index contributed by atoms with van der Waals surface area (Å²) in [6, 6.07) is 8.67. The number of hydrogen-bond acceptors (Lipinski definition) is 5. The van der Waals surface area contributed by atoms with Gasteiger partial charge in [0.05, 0.1) is 10.4 Å². The highest BCUT2D eigenvalue weighted by Gasteiger charge is 2.33. The van der Waals surface area contributed by atoms with E-state index >= 15 is 0 Å². The molecule has 0 bridgehead atoms. The minimum absolute atomic E-state index is 0.0105. The molecule has 3 N–H and O–H groups in total. The molecule has 3 aromatic rings. The van der Waals surface area contributed by atoms with E-state index in [9.17, 15) is 18.0 Å². The highest BCUT2D eigenvalue weighted by atomic mass is 32.1. The van der Waals surface area contributed by atoms with Crippen molar-refractivity contribution in [2.75, 3.05) is 5.73 Å². The Balaban J connectivity index is 1.84. The lowest BCUT2D eigenvalue weighted by Gasteiger charge is -2.13. The Kier molecular flexibility index (Phi) is 4.73. The van der Waals surface area contributed by atoms with E-state index in [0.717, 1.165) is 10.9 Å². The lowest BCUT2D eigenvalue weighted by atomic mass is 10.1. The summed E-state index contributed by atoms with van der Waals surface area (Å²) in [6.45, 7) is 1.59. The van der Waals surface area contributed by atoms with Gasteiger partial charge >= 0.3 is 6.18 Å². The molecular weight excluding hydrogens is 367 g/mol. The second-order valence-corrected chi connectivity index (χ2v) is 6.81. The minimum atomic E-state index is -4.50. The van der Waals surface area contributed by atoms with Crippen molar-refractivity contribution in [2.24, 2.45) is 0 Å². The Hall–Kier alpha value is -2.81. The molecule has 0 unspecified atom stereocenters. The molecule has 3 rings (SSSR count). The van der Waals surface area contributed by atoms with Crippen molar-refractivity contribution < 1.29 is 22.5 Å². The highest BCUT2D eigenvalue weighted by molar-refractivity contribution is 7.15. The number of alkyl halides is 3. The smallest absolute Gasteiger partial charge is 0.367 e. The van der Waals surface area contributed by atoms with Gasteiger partial charge in [0.25, 0.3) is 5.91 Å². The average molecular weight is 381 g/mol. The van der Waals surface area contributed by atoms with Crippen LogP contribution >= 0.6 is 11.3 Å². The number of rotatable bonds is 4. The minimum Gasteiger partial charge on any atom is -0.367 e. The standard InChI is InChI=1S/C17H14F3N3O2S/c1-9-6-7-12(26-9)14-13(15(21)25-23-14)16(24)22-8-10-4-2-3-5-11(10)17(18,19)20/h2-7H,8,21H2,1H3,(H,22,24). The van der Waals surface area contributed by atoms with E-state index in [1.807, 2.05) is 13.0 Å². The van der Waals surface area contributed by atoms with Crippen molar-refractivity contribution in [3.05, 3.63) is 58.0 Å². The highest BCUT2D eigenvalue weighted by Crippen LogP contribution is 2.33. The first kappa shape index (κ1) is 18.0. The normalized spacial score (nSPS) is 11.5. The van der Waals surface area contributed by atoms with Gasteiger partial charge in [-0.15, -0.1) is 11.3 Å². The Morgan fingerprint density at radius 2 is 2.00 bits per heavy atom. The van der Waals surface area contributed by atoms with Crippen LogP contribution in [0.2, 0.25) is 0 Å². The van der Waals surface area contributed by atoms with Crippen molar-refractivity contribution in [1.29, 1.82) is 0 Å². The number of nitrogens with two attached hydrogens (primary N) is 1. The zero-order chi connectivity index (χ0) is 18.9. The Labute approximate surface area is 150 Å². The van der Waals surface area contributed by atoms with Crippen LogP contribution in [0, 0.1) is 6.92 Å². The molecule has 5 nitrogen and oxygen atoms in total. The molecule has 2 aromatic heterocycles. The van der Waals surface area contributed by atoms with Crippen LogP contribution in [-0.4, -0.2) is 11.1 Å². The Morgan fingerprint density at radius 3 is 2.65 bits per heavy atom. The summed E-state index contributed by atoms with van der Waals surface area (Å²) in [5.74, 6) is -0.838. The molecule has 0 aliphatic heterocycles. The van der Waals surface area contributed by atoms with E-state index in [-0.39, 0.29) is 29.2 Å². The summed E-state index contributed by atoms with van der Waals surface area (Å²) in [7, 11) is 0. The van der Waals surface area contributed by atoms with Gasteiger partial charge in [-0.25, -0.2) is 0 Å². The number of halogens is 3. The van der Waals surface area contributed by atoms with E-state index in [0.29, 0.717) is 4.88 Å². The topological polar surface area (TPSA) is 81.2 Å². The number of nitrogens with one attached hydrogen (secondary N) is 1. The number of amides is 1. The van der Waals surface area contributed by atoms with Gasteiger partial charge in [-0.2, -0.15) is 13.2 Å². The summed E-state index contributed by atoms with van der Waals surface area (Å²) in [6.07, 6.45) is -4.50. The third kappa shape index (κ3) is 3.57. The fourth-order valence-electron chi connectivity index (χ4n) is 2.47. The molecule has 1 aromatic carbocycles. The fraction of sp³-hybridized carbons (Fsp3) is 0.176. The first-order valence-electron chi connectivity index (χ1n) is 7.52. The van der Waals surface area contributed by atoms with Gasteiger partial charge in [0, 0.05) is 11.4 Å². The zero-order valence-electron chi connectivity index (χ0n) is 13.6. The number of aryl methyl sites for hydroxylation is 1. The lowest BCUT2D eigenvalue weighted by molar-refractivity contribution is -0.138. The molecule has 0 saturated heterocycles. The molecule has 1 amide bonds. The van der Waals surface area contributed by atoms with Crippen LogP contribution in [0.5, 0.6) is 0 Å². The van der Waals surface area contributed by atoms with E-state index in [2.05, 4.69) is 10.5 Å². The number of hydrogen-bond donors (Lipinski definition) is 2. The van der Waals surface area contributed by atoms with Crippen LogP contribution in [-0.2, 0) is 12.7 Å². The van der Waals surface area contributed by atoms with Gasteiger partial charge < -0.3 is 15.6 Å². The maximum atomic E-state index is 13.0. The van der Waals surface area contributed by atoms with Crippen LogP contribution < -0.4 is 11.1 Å². The van der Waals surface area contributed by atoms with E-state index in [1.165, 1.54) is 29.5 Å². The zero-order valence-corrected chi connectivity index (χ0v) is 14.4. The number of nitrogens with zero attached hydrogens (tertiary/aromatic N) is 1. The number of carbonyl (C=O) groups is 1. The lowest BCUT2D eigenvalue weighted by Crippen LogP contribution is -2.25. The fourth-order valence-corrected chi connectivity index (χ4v) is 3.32. The molecule has 0 fully saturated rings. The van der Waals surface area contributed by atoms with Crippen LogP contribution in [0.15, 0.2) is 40.9 Å². The predicted octanol–water partition coefficient (Wildman–Crippen LogP) is 4.24. The van der Waals surface area contributed by atoms with Crippen LogP contribution in [0.4, 0.5) is 19.1 Å². The summed E-state index contributed by atoms with van der Waals surface area (Å²) < 4.78 is 44.0. The van der Waals surface area contributed by atoms with Crippen LogP contribution in [0.3, 0.4) is 0 Å². The third-order valence-electron chi connectivity index (χ3n) is 3.68. The van der Waals surface area contributed by atoms with Gasteiger partial charge in [0.2, 0.25) is 5.88 Å². The van der Waals surface area contributed by atoms with Gasteiger partial charge in [-0.3, -0.25) is 4.79 Å². The maximum absolute atomic E-state index is 13.0. The molecule has 136 valence electrons. The number of aromatic nitrogens is 1. The molecule has 0 atom stereocenters. The van der Waals surface area contributed by atoms with Crippen LogP contribution in [0.25, 0.3) is 10.6 Å². The maximum Gasteiger partial charge on any atom is 0.416 e. The van der Waals surface area contributed by atoms with Crippen molar-refractivity contribution in [2.45, 2.75) is 19.6 Å². The summed E-state index contributed by atoms with van der Waals surface area (Å²) in [4.78, 5) is 14.2. The Morgan fingerprint density at radius 1 is 1.27 bits per heavy atom. The quantitative estimate of drug-likeness (QED) is 0.708. The van der Waals surface area contributed by atoms with Gasteiger partial charge in [0.15, 0.2) is 0 Å². The molecule has 9 heteroatoms. The number of benzene rings is 1. The van der Waals surface area contributed by atoms with E-state index < -0.39 is 17.6 Å². The van der Waals surface area contributed by atoms with Crippen molar-refractivity contribution in [3.63, 3.8) is 0 Å². The van der Waals surface area contributed by atoms with Gasteiger partial charge in [0.1, 0.15) is 11.3 Å². The SMILES string of the molecule is Cc1ccc(-c2noc(N)c2C(=O)NCc2ccccc2C(F)(F)F)s1. The number of thiophene rings is 1. The average Bonchev–Trinajstić information content (AvgIpc) is 3.17. The number of nitrogen functional groups attached to an aromatic ring is 1. The molecular formula is C17H14F3N3O2S. The number of carbonyl (C=O) groups excluding carboxylic acids is 1. The summed E-state index contributed by atoms with van der Waals surface area (Å²) >= 11 is 1.40. The van der Waals surface area contributed by atoms with Crippen LogP contribution in [0.1, 0.15) is 26.4 Å². The number of anilines is 1. The summed E-state index contributed by atoms with van der Waals surface area (Å²) in [5, 5.41) is 6.26. The predicted molar refractivity (Wildman–Crippen MR) is 91.6 cm³/mol. The summed E-state index contributed by atoms with van der Waals surface area (Å²) in [5.41, 5.74) is 5.12. The van der Waals surface area contributed by atoms with Gasteiger partial charge in [-0.1, -0.05) is 23.4 Å².